The maximum Gasteiger partial charge on any atom is 0.165 e. The molecule has 0 bridgehead atoms. The molecule has 2 aromatic carbocycles. The third kappa shape index (κ3) is 4.45. The zero-order valence-corrected chi connectivity index (χ0v) is 15.2. The second kappa shape index (κ2) is 8.76. The highest BCUT2D eigenvalue weighted by Gasteiger charge is 2.24. The smallest absolute Gasteiger partial charge is 0.165 e. The molecule has 0 aliphatic heterocycles. The summed E-state index contributed by atoms with van der Waals surface area (Å²) in [5, 5.41) is 8.96. The molecule has 6 heteroatoms. The van der Waals surface area contributed by atoms with Crippen molar-refractivity contribution >= 4 is 0 Å². The van der Waals surface area contributed by atoms with Gasteiger partial charge in [0, 0.05) is 11.1 Å². The van der Waals surface area contributed by atoms with Gasteiger partial charge in [0.1, 0.15) is 0 Å². The molecule has 1 saturated carbocycles. The summed E-state index contributed by atoms with van der Waals surface area (Å²) in [6.45, 7) is -0.555. The molecule has 3 rings (SSSR count). The topological polar surface area (TPSA) is 38.7 Å². The SMILES string of the molecule is COc1ccc(C2CCC(OCc3ccc(CO)c(F)c3F)CC2)cc1F. The van der Waals surface area contributed by atoms with E-state index in [9.17, 15) is 13.2 Å². The zero-order valence-electron chi connectivity index (χ0n) is 15.2. The fourth-order valence-corrected chi connectivity index (χ4v) is 3.57. The second-order valence-electron chi connectivity index (χ2n) is 6.85. The van der Waals surface area contributed by atoms with Crippen molar-refractivity contribution in [3.63, 3.8) is 0 Å². The van der Waals surface area contributed by atoms with Crippen LogP contribution >= 0.6 is 0 Å². The minimum atomic E-state index is -1.02. The van der Waals surface area contributed by atoms with Crippen molar-refractivity contribution in [2.24, 2.45) is 0 Å². The Labute approximate surface area is 156 Å². The predicted octanol–water partition coefficient (Wildman–Crippen LogP) is 4.85. The van der Waals surface area contributed by atoms with Crippen LogP contribution in [0.5, 0.6) is 5.75 Å². The van der Waals surface area contributed by atoms with Crippen LogP contribution in [-0.2, 0) is 18.0 Å². The summed E-state index contributed by atoms with van der Waals surface area (Å²) in [6, 6.07) is 7.85. The number of rotatable bonds is 6. The van der Waals surface area contributed by atoms with E-state index in [1.54, 1.807) is 6.07 Å². The molecule has 0 heterocycles. The van der Waals surface area contributed by atoms with Crippen molar-refractivity contribution in [3.05, 3.63) is 64.5 Å². The Morgan fingerprint density at radius 3 is 2.26 bits per heavy atom. The Balaban J connectivity index is 1.54. The first-order valence-electron chi connectivity index (χ1n) is 9.05. The van der Waals surface area contributed by atoms with E-state index in [-0.39, 0.29) is 41.3 Å². The summed E-state index contributed by atoms with van der Waals surface area (Å²) in [6.07, 6.45) is 3.20. The molecule has 1 aliphatic carbocycles. The molecule has 1 N–H and O–H groups in total. The Morgan fingerprint density at radius 1 is 0.963 bits per heavy atom. The molecule has 0 atom stereocenters. The van der Waals surface area contributed by atoms with Gasteiger partial charge in [-0.2, -0.15) is 0 Å². The monoisotopic (exact) mass is 380 g/mol. The van der Waals surface area contributed by atoms with Gasteiger partial charge in [0.15, 0.2) is 23.2 Å². The number of methoxy groups -OCH3 is 1. The largest absolute Gasteiger partial charge is 0.494 e. The first-order valence-corrected chi connectivity index (χ1v) is 9.05. The number of aliphatic hydroxyl groups is 1. The van der Waals surface area contributed by atoms with Crippen molar-refractivity contribution in [2.75, 3.05) is 7.11 Å². The number of halogens is 3. The van der Waals surface area contributed by atoms with Crippen LogP contribution in [0.3, 0.4) is 0 Å². The Hall–Kier alpha value is -2.05. The molecule has 3 nitrogen and oxygen atoms in total. The Bertz CT molecular complexity index is 786. The van der Waals surface area contributed by atoms with E-state index >= 15 is 0 Å². The first kappa shape index (κ1) is 19.7. The van der Waals surface area contributed by atoms with Crippen LogP contribution in [0.15, 0.2) is 30.3 Å². The van der Waals surface area contributed by atoms with E-state index in [1.165, 1.54) is 25.3 Å². The Morgan fingerprint density at radius 2 is 1.63 bits per heavy atom. The van der Waals surface area contributed by atoms with Crippen molar-refractivity contribution < 1.29 is 27.8 Å². The van der Waals surface area contributed by atoms with E-state index < -0.39 is 18.2 Å². The van der Waals surface area contributed by atoms with Crippen LogP contribution in [-0.4, -0.2) is 18.3 Å². The van der Waals surface area contributed by atoms with Crippen LogP contribution in [0.25, 0.3) is 0 Å². The summed E-state index contributed by atoms with van der Waals surface area (Å²) in [7, 11) is 1.44. The van der Waals surface area contributed by atoms with E-state index in [4.69, 9.17) is 14.6 Å². The van der Waals surface area contributed by atoms with Crippen LogP contribution in [0.4, 0.5) is 13.2 Å². The van der Waals surface area contributed by atoms with Gasteiger partial charge < -0.3 is 14.6 Å². The van der Waals surface area contributed by atoms with Gasteiger partial charge in [-0.15, -0.1) is 0 Å². The molecular weight excluding hydrogens is 357 g/mol. The molecule has 0 spiro atoms. The van der Waals surface area contributed by atoms with Gasteiger partial charge in [-0.3, -0.25) is 0 Å². The summed E-state index contributed by atoms with van der Waals surface area (Å²) in [4.78, 5) is 0. The third-order valence-corrected chi connectivity index (χ3v) is 5.21. The van der Waals surface area contributed by atoms with E-state index in [0.29, 0.717) is 0 Å². The minimum Gasteiger partial charge on any atom is -0.494 e. The minimum absolute atomic E-state index is 0.0129. The van der Waals surface area contributed by atoms with Crippen LogP contribution < -0.4 is 4.74 Å². The average molecular weight is 380 g/mol. The third-order valence-electron chi connectivity index (χ3n) is 5.21. The van der Waals surface area contributed by atoms with Gasteiger partial charge in [0.05, 0.1) is 26.4 Å². The van der Waals surface area contributed by atoms with Crippen LogP contribution in [0.1, 0.15) is 48.3 Å². The van der Waals surface area contributed by atoms with Gasteiger partial charge in [0.25, 0.3) is 0 Å². The lowest BCUT2D eigenvalue weighted by Crippen LogP contribution is -2.21. The summed E-state index contributed by atoms with van der Waals surface area (Å²) in [5.74, 6) is -1.87. The van der Waals surface area contributed by atoms with Gasteiger partial charge >= 0.3 is 0 Å². The fraction of sp³-hybridized carbons (Fsp3) is 0.429. The van der Waals surface area contributed by atoms with Crippen molar-refractivity contribution in [3.8, 4) is 5.75 Å². The number of aliphatic hydroxyl groups excluding tert-OH is 1. The number of hydrogen-bond acceptors (Lipinski definition) is 3. The number of ether oxygens (including phenoxy) is 2. The normalized spacial score (nSPS) is 19.9. The fourth-order valence-electron chi connectivity index (χ4n) is 3.57. The lowest BCUT2D eigenvalue weighted by atomic mass is 9.82. The molecule has 0 amide bonds. The van der Waals surface area contributed by atoms with Crippen molar-refractivity contribution in [1.29, 1.82) is 0 Å². The molecule has 146 valence electrons. The van der Waals surface area contributed by atoms with Gasteiger partial charge in [-0.05, 0) is 49.3 Å². The molecular formula is C21H23F3O3. The summed E-state index contributed by atoms with van der Waals surface area (Å²) in [5.41, 5.74) is 1.02. The highest BCUT2D eigenvalue weighted by Crippen LogP contribution is 2.35. The van der Waals surface area contributed by atoms with Crippen LogP contribution in [0.2, 0.25) is 0 Å². The first-order chi connectivity index (χ1) is 13.0. The van der Waals surface area contributed by atoms with E-state index in [1.807, 2.05) is 6.07 Å². The van der Waals surface area contributed by atoms with Gasteiger partial charge in [-0.1, -0.05) is 18.2 Å². The lowest BCUT2D eigenvalue weighted by molar-refractivity contribution is 0.0118. The van der Waals surface area contributed by atoms with Gasteiger partial charge in [0.2, 0.25) is 0 Å². The highest BCUT2D eigenvalue weighted by molar-refractivity contribution is 5.31. The number of benzene rings is 2. The molecule has 2 aromatic rings. The zero-order chi connectivity index (χ0) is 19.4. The molecule has 1 fully saturated rings. The molecule has 27 heavy (non-hydrogen) atoms. The lowest BCUT2D eigenvalue weighted by Gasteiger charge is -2.29. The van der Waals surface area contributed by atoms with Crippen molar-refractivity contribution in [2.45, 2.75) is 50.9 Å². The predicted molar refractivity (Wildman–Crippen MR) is 95.0 cm³/mol. The van der Waals surface area contributed by atoms with E-state index in [2.05, 4.69) is 0 Å². The molecule has 1 aliphatic rings. The summed E-state index contributed by atoms with van der Waals surface area (Å²) >= 11 is 0. The van der Waals surface area contributed by atoms with Crippen LogP contribution in [0, 0.1) is 17.5 Å². The summed E-state index contributed by atoms with van der Waals surface area (Å²) < 4.78 is 52.3. The number of hydrogen-bond donors (Lipinski definition) is 1. The maximum atomic E-state index is 14.0. The van der Waals surface area contributed by atoms with Gasteiger partial charge in [-0.25, -0.2) is 13.2 Å². The Kier molecular flexibility index (Phi) is 6.39. The molecule has 0 saturated heterocycles. The standard InChI is InChI=1S/C21H23F3O3/c1-26-19-9-6-14(10-18(19)22)13-4-7-17(8-5-13)27-12-16-3-2-15(11-25)20(23)21(16)24/h2-3,6,9-10,13,17,25H,4-5,7-8,11-12H2,1H3. The maximum absolute atomic E-state index is 14.0. The highest BCUT2D eigenvalue weighted by atomic mass is 19.2. The second-order valence-corrected chi connectivity index (χ2v) is 6.85. The van der Waals surface area contributed by atoms with E-state index in [0.717, 1.165) is 31.2 Å². The quantitative estimate of drug-likeness (QED) is 0.779. The molecule has 0 unspecified atom stereocenters. The molecule has 0 aromatic heterocycles. The average Bonchev–Trinajstić information content (AvgIpc) is 2.69. The molecule has 0 radical (unpaired) electrons. The van der Waals surface area contributed by atoms with Crippen molar-refractivity contribution in [1.82, 2.24) is 0 Å².